The summed E-state index contributed by atoms with van der Waals surface area (Å²) in [5.41, 5.74) is -2.07. The van der Waals surface area contributed by atoms with Crippen molar-refractivity contribution in [2.75, 3.05) is 0 Å². The maximum absolute atomic E-state index is 11.2. The summed E-state index contributed by atoms with van der Waals surface area (Å²) in [6.45, 7) is 3.27. The summed E-state index contributed by atoms with van der Waals surface area (Å²) in [7, 11) is 0. The molecule has 0 atom stereocenters. The third-order valence-corrected chi connectivity index (χ3v) is 3.88. The van der Waals surface area contributed by atoms with Gasteiger partial charge in [0.2, 0.25) is 0 Å². The van der Waals surface area contributed by atoms with Gasteiger partial charge < -0.3 is 10.2 Å². The summed E-state index contributed by atoms with van der Waals surface area (Å²) < 4.78 is 0. The van der Waals surface area contributed by atoms with Crippen LogP contribution >= 0.6 is 0 Å². The Balaban J connectivity index is 2.81. The van der Waals surface area contributed by atoms with Crippen LogP contribution in [0.25, 0.3) is 0 Å². The number of aliphatic carboxylic acids is 1. The van der Waals surface area contributed by atoms with Crippen LogP contribution in [0.5, 0.6) is 0 Å². The van der Waals surface area contributed by atoms with E-state index in [1.807, 2.05) is 0 Å². The Bertz CT molecular complexity index is 225. The zero-order chi connectivity index (χ0) is 11.5. The van der Waals surface area contributed by atoms with E-state index in [9.17, 15) is 9.90 Å². The van der Waals surface area contributed by atoms with Crippen molar-refractivity contribution >= 4 is 5.97 Å². The molecule has 0 aliphatic heterocycles. The van der Waals surface area contributed by atoms with E-state index in [1.165, 1.54) is 6.42 Å². The lowest BCUT2D eigenvalue weighted by Gasteiger charge is -2.41. The third-order valence-electron chi connectivity index (χ3n) is 3.88. The smallest absolute Gasteiger partial charge is 0.312 e. The maximum atomic E-state index is 11.2. The Kier molecular flexibility index (Phi) is 3.77. The quantitative estimate of drug-likeness (QED) is 0.742. The Morgan fingerprint density at radius 1 is 1.07 bits per heavy atom. The Labute approximate surface area is 91.5 Å². The number of aliphatic hydroxyl groups is 1. The van der Waals surface area contributed by atoms with Crippen LogP contribution in [-0.2, 0) is 4.79 Å². The Hall–Kier alpha value is -0.570. The van der Waals surface area contributed by atoms with E-state index in [0.29, 0.717) is 12.8 Å². The predicted octanol–water partition coefficient (Wildman–Crippen LogP) is 2.57. The van der Waals surface area contributed by atoms with E-state index < -0.39 is 17.0 Å². The molecule has 15 heavy (non-hydrogen) atoms. The van der Waals surface area contributed by atoms with Crippen LogP contribution in [0, 0.1) is 5.41 Å². The van der Waals surface area contributed by atoms with Gasteiger partial charge in [-0.3, -0.25) is 4.79 Å². The molecule has 1 aliphatic rings. The first-order valence-electron chi connectivity index (χ1n) is 5.86. The van der Waals surface area contributed by atoms with Crippen molar-refractivity contribution in [2.45, 2.75) is 64.4 Å². The predicted molar refractivity (Wildman–Crippen MR) is 58.7 cm³/mol. The van der Waals surface area contributed by atoms with E-state index in [2.05, 4.69) is 0 Å². The second-order valence-corrected chi connectivity index (χ2v) is 5.23. The monoisotopic (exact) mass is 214 g/mol. The minimum Gasteiger partial charge on any atom is -0.481 e. The van der Waals surface area contributed by atoms with Crippen molar-refractivity contribution < 1.29 is 15.0 Å². The molecule has 1 saturated carbocycles. The fourth-order valence-electron chi connectivity index (χ4n) is 2.31. The van der Waals surface area contributed by atoms with Gasteiger partial charge in [0, 0.05) is 0 Å². The van der Waals surface area contributed by atoms with Crippen LogP contribution in [0.2, 0.25) is 0 Å². The van der Waals surface area contributed by atoms with Gasteiger partial charge in [0.05, 0.1) is 11.0 Å². The zero-order valence-electron chi connectivity index (χ0n) is 9.75. The number of hydrogen-bond acceptors (Lipinski definition) is 2. The lowest BCUT2D eigenvalue weighted by molar-refractivity contribution is -0.167. The van der Waals surface area contributed by atoms with Crippen molar-refractivity contribution in [3.63, 3.8) is 0 Å². The van der Waals surface area contributed by atoms with Gasteiger partial charge in [-0.1, -0.05) is 32.1 Å². The fourth-order valence-corrected chi connectivity index (χ4v) is 2.31. The molecular formula is C12H22O3. The Morgan fingerprint density at radius 2 is 1.47 bits per heavy atom. The minimum atomic E-state index is -1.04. The first-order chi connectivity index (χ1) is 6.90. The topological polar surface area (TPSA) is 57.5 Å². The van der Waals surface area contributed by atoms with E-state index in [1.54, 1.807) is 13.8 Å². The molecule has 1 aliphatic carbocycles. The molecule has 2 N–H and O–H groups in total. The van der Waals surface area contributed by atoms with Crippen molar-refractivity contribution in [3.8, 4) is 0 Å². The van der Waals surface area contributed by atoms with Gasteiger partial charge in [-0.05, 0) is 26.7 Å². The molecule has 0 radical (unpaired) electrons. The lowest BCUT2D eigenvalue weighted by atomic mass is 9.68. The number of carbonyl (C=O) groups is 1. The van der Waals surface area contributed by atoms with E-state index in [4.69, 9.17) is 5.11 Å². The zero-order valence-corrected chi connectivity index (χ0v) is 9.75. The molecule has 0 aromatic carbocycles. The SMILES string of the molecule is CC(C)(C(=O)O)C1(O)CCCCCCC1. The van der Waals surface area contributed by atoms with Crippen LogP contribution in [-0.4, -0.2) is 21.8 Å². The van der Waals surface area contributed by atoms with Gasteiger partial charge in [0.15, 0.2) is 0 Å². The highest BCUT2D eigenvalue weighted by molar-refractivity contribution is 5.75. The summed E-state index contributed by atoms with van der Waals surface area (Å²) in [5.74, 6) is -0.898. The average Bonchev–Trinajstić information content (AvgIpc) is 2.11. The number of hydrogen-bond donors (Lipinski definition) is 2. The van der Waals surface area contributed by atoms with Crippen LogP contribution in [0.3, 0.4) is 0 Å². The van der Waals surface area contributed by atoms with Crippen LogP contribution < -0.4 is 0 Å². The highest BCUT2D eigenvalue weighted by atomic mass is 16.4. The summed E-state index contributed by atoms with van der Waals surface area (Å²) in [6, 6.07) is 0. The normalized spacial score (nSPS) is 22.9. The highest BCUT2D eigenvalue weighted by Crippen LogP contribution is 2.40. The van der Waals surface area contributed by atoms with Gasteiger partial charge in [-0.25, -0.2) is 0 Å². The first-order valence-corrected chi connectivity index (χ1v) is 5.86. The summed E-state index contributed by atoms with van der Waals surface area (Å²) >= 11 is 0. The number of rotatable bonds is 2. The number of carboxylic acids is 1. The highest BCUT2D eigenvalue weighted by Gasteiger charge is 2.48. The average molecular weight is 214 g/mol. The molecule has 1 rings (SSSR count). The standard InChI is InChI=1S/C12H22O3/c1-11(2,10(13)14)12(15)8-6-4-3-5-7-9-12/h15H,3-9H2,1-2H3,(H,13,14). The van der Waals surface area contributed by atoms with Crippen LogP contribution in [0.15, 0.2) is 0 Å². The summed E-state index contributed by atoms with van der Waals surface area (Å²) in [6.07, 6.45) is 6.54. The van der Waals surface area contributed by atoms with Crippen molar-refractivity contribution in [2.24, 2.45) is 5.41 Å². The molecule has 3 heteroatoms. The largest absolute Gasteiger partial charge is 0.481 e. The second kappa shape index (κ2) is 4.52. The van der Waals surface area contributed by atoms with Gasteiger partial charge in [-0.2, -0.15) is 0 Å². The molecular weight excluding hydrogens is 192 g/mol. The lowest BCUT2D eigenvalue weighted by Crippen LogP contribution is -2.49. The van der Waals surface area contributed by atoms with Gasteiger partial charge in [0.1, 0.15) is 0 Å². The molecule has 3 nitrogen and oxygen atoms in total. The molecule has 0 aromatic rings. The molecule has 0 aromatic heterocycles. The summed E-state index contributed by atoms with van der Waals surface area (Å²) in [5, 5.41) is 19.7. The second-order valence-electron chi connectivity index (χ2n) is 5.23. The van der Waals surface area contributed by atoms with Crippen molar-refractivity contribution in [1.29, 1.82) is 0 Å². The van der Waals surface area contributed by atoms with Gasteiger partial charge >= 0.3 is 5.97 Å². The van der Waals surface area contributed by atoms with Gasteiger partial charge in [-0.15, -0.1) is 0 Å². The van der Waals surface area contributed by atoms with Crippen molar-refractivity contribution in [3.05, 3.63) is 0 Å². The van der Waals surface area contributed by atoms with Gasteiger partial charge in [0.25, 0.3) is 0 Å². The minimum absolute atomic E-state index is 0.617. The molecule has 0 amide bonds. The Morgan fingerprint density at radius 3 is 1.87 bits per heavy atom. The van der Waals surface area contributed by atoms with E-state index in [0.717, 1.165) is 25.7 Å². The molecule has 0 bridgehead atoms. The molecule has 0 saturated heterocycles. The molecule has 0 spiro atoms. The first kappa shape index (κ1) is 12.5. The van der Waals surface area contributed by atoms with Crippen molar-refractivity contribution in [1.82, 2.24) is 0 Å². The van der Waals surface area contributed by atoms with E-state index in [-0.39, 0.29) is 0 Å². The number of carboxylic acid groups (broad SMARTS) is 1. The third kappa shape index (κ3) is 2.51. The van der Waals surface area contributed by atoms with E-state index >= 15 is 0 Å². The molecule has 0 heterocycles. The van der Waals surface area contributed by atoms with Crippen LogP contribution in [0.4, 0.5) is 0 Å². The maximum Gasteiger partial charge on any atom is 0.312 e. The molecule has 1 fully saturated rings. The summed E-state index contributed by atoms with van der Waals surface area (Å²) in [4.78, 5) is 11.2. The fraction of sp³-hybridized carbons (Fsp3) is 0.917. The molecule has 88 valence electrons. The molecule has 0 unspecified atom stereocenters. The van der Waals surface area contributed by atoms with Crippen LogP contribution in [0.1, 0.15) is 58.8 Å².